The molecular weight excluding hydrogens is 232 g/mol. The molecule has 18 heavy (non-hydrogen) atoms. The Bertz CT molecular complexity index is 522. The van der Waals surface area contributed by atoms with E-state index in [2.05, 4.69) is 25.9 Å². The lowest BCUT2D eigenvalue weighted by atomic mass is 10.2. The lowest BCUT2D eigenvalue weighted by Crippen LogP contribution is -2.23. The van der Waals surface area contributed by atoms with E-state index in [4.69, 9.17) is 0 Å². The van der Waals surface area contributed by atoms with Crippen LogP contribution >= 0.6 is 0 Å². The van der Waals surface area contributed by atoms with Crippen molar-refractivity contribution in [2.24, 2.45) is 0 Å². The SMILES string of the molecule is CN(C)c1cccc(C(=O)NCc2nn[nH]n2)c1. The summed E-state index contributed by atoms with van der Waals surface area (Å²) in [6.07, 6.45) is 0. The van der Waals surface area contributed by atoms with Crippen LogP contribution in [0.3, 0.4) is 0 Å². The molecule has 0 saturated carbocycles. The van der Waals surface area contributed by atoms with Crippen molar-refractivity contribution in [1.29, 1.82) is 0 Å². The number of rotatable bonds is 4. The molecule has 0 aliphatic heterocycles. The Hall–Kier alpha value is -2.44. The number of aromatic nitrogens is 4. The lowest BCUT2D eigenvalue weighted by Gasteiger charge is -2.13. The van der Waals surface area contributed by atoms with Crippen LogP contribution in [0.4, 0.5) is 5.69 Å². The van der Waals surface area contributed by atoms with Gasteiger partial charge >= 0.3 is 0 Å². The standard InChI is InChI=1S/C11H14N6O/c1-17(2)9-5-3-4-8(6-9)11(18)12-7-10-13-15-16-14-10/h3-6H,7H2,1-2H3,(H,12,18)(H,13,14,15,16). The Balaban J connectivity index is 2.02. The summed E-state index contributed by atoms with van der Waals surface area (Å²) in [6.45, 7) is 0.252. The van der Waals surface area contributed by atoms with Crippen LogP contribution in [0.25, 0.3) is 0 Å². The Kier molecular flexibility index (Phi) is 3.52. The number of amides is 1. The molecule has 2 aromatic rings. The maximum Gasteiger partial charge on any atom is 0.251 e. The van der Waals surface area contributed by atoms with Crippen LogP contribution in [0, 0.1) is 0 Å². The van der Waals surface area contributed by atoms with E-state index in [1.807, 2.05) is 37.2 Å². The van der Waals surface area contributed by atoms with E-state index in [9.17, 15) is 4.79 Å². The molecule has 1 aromatic heterocycles. The van der Waals surface area contributed by atoms with Gasteiger partial charge in [0.15, 0.2) is 5.82 Å². The fraction of sp³-hybridized carbons (Fsp3) is 0.273. The number of carbonyl (C=O) groups excluding carboxylic acids is 1. The van der Waals surface area contributed by atoms with E-state index in [0.717, 1.165) is 5.69 Å². The van der Waals surface area contributed by atoms with Crippen molar-refractivity contribution in [3.63, 3.8) is 0 Å². The Labute approximate surface area is 104 Å². The third kappa shape index (κ3) is 2.82. The van der Waals surface area contributed by atoms with Crippen LogP contribution < -0.4 is 10.2 Å². The molecule has 2 rings (SSSR count). The van der Waals surface area contributed by atoms with Gasteiger partial charge in [0.2, 0.25) is 0 Å². The molecule has 0 saturated heterocycles. The van der Waals surface area contributed by atoms with Gasteiger partial charge in [0.1, 0.15) is 0 Å². The van der Waals surface area contributed by atoms with Crippen molar-refractivity contribution in [3.05, 3.63) is 35.7 Å². The zero-order valence-corrected chi connectivity index (χ0v) is 10.2. The first-order chi connectivity index (χ1) is 8.66. The van der Waals surface area contributed by atoms with Gasteiger partial charge in [-0.05, 0) is 18.2 Å². The summed E-state index contributed by atoms with van der Waals surface area (Å²) in [6, 6.07) is 7.37. The van der Waals surface area contributed by atoms with Gasteiger partial charge in [-0.3, -0.25) is 4.79 Å². The van der Waals surface area contributed by atoms with Crippen molar-refractivity contribution in [2.45, 2.75) is 6.54 Å². The van der Waals surface area contributed by atoms with Crippen LogP contribution in [-0.2, 0) is 6.54 Å². The molecule has 1 amide bonds. The summed E-state index contributed by atoms with van der Waals surface area (Å²) in [5, 5.41) is 16.0. The molecule has 0 unspecified atom stereocenters. The van der Waals surface area contributed by atoms with Gasteiger partial charge in [0.05, 0.1) is 6.54 Å². The molecular formula is C11H14N6O. The molecule has 0 fully saturated rings. The van der Waals surface area contributed by atoms with Gasteiger partial charge < -0.3 is 10.2 Å². The highest BCUT2D eigenvalue weighted by Crippen LogP contribution is 2.13. The Morgan fingerprint density at radius 3 is 2.94 bits per heavy atom. The molecule has 0 aliphatic rings. The molecule has 7 heteroatoms. The number of aromatic amines is 1. The lowest BCUT2D eigenvalue weighted by molar-refractivity contribution is 0.0950. The monoisotopic (exact) mass is 246 g/mol. The minimum absolute atomic E-state index is 0.163. The minimum atomic E-state index is -0.163. The van der Waals surface area contributed by atoms with E-state index in [1.165, 1.54) is 0 Å². The number of nitrogens with zero attached hydrogens (tertiary/aromatic N) is 4. The largest absolute Gasteiger partial charge is 0.378 e. The van der Waals surface area contributed by atoms with Gasteiger partial charge in [-0.15, -0.1) is 10.2 Å². The van der Waals surface area contributed by atoms with Crippen molar-refractivity contribution in [2.75, 3.05) is 19.0 Å². The summed E-state index contributed by atoms with van der Waals surface area (Å²) in [5.41, 5.74) is 1.58. The third-order valence-electron chi connectivity index (χ3n) is 2.42. The first kappa shape index (κ1) is 12.0. The van der Waals surface area contributed by atoms with Crippen molar-refractivity contribution >= 4 is 11.6 Å². The second-order valence-corrected chi connectivity index (χ2v) is 3.96. The number of tetrazole rings is 1. The first-order valence-corrected chi connectivity index (χ1v) is 5.45. The number of H-pyrrole nitrogens is 1. The van der Waals surface area contributed by atoms with E-state index < -0.39 is 0 Å². The fourth-order valence-corrected chi connectivity index (χ4v) is 1.44. The highest BCUT2D eigenvalue weighted by Gasteiger charge is 2.07. The number of nitrogens with one attached hydrogen (secondary N) is 2. The summed E-state index contributed by atoms with van der Waals surface area (Å²) in [4.78, 5) is 13.8. The van der Waals surface area contributed by atoms with Crippen LogP contribution in [0.2, 0.25) is 0 Å². The van der Waals surface area contributed by atoms with Crippen LogP contribution in [-0.4, -0.2) is 40.6 Å². The van der Waals surface area contributed by atoms with E-state index in [0.29, 0.717) is 11.4 Å². The summed E-state index contributed by atoms with van der Waals surface area (Å²) in [5.74, 6) is 0.288. The summed E-state index contributed by atoms with van der Waals surface area (Å²) >= 11 is 0. The van der Waals surface area contributed by atoms with Crippen LogP contribution in [0.5, 0.6) is 0 Å². The van der Waals surface area contributed by atoms with Gasteiger partial charge in [-0.1, -0.05) is 11.3 Å². The quantitative estimate of drug-likeness (QED) is 0.804. The third-order valence-corrected chi connectivity index (χ3v) is 2.42. The first-order valence-electron chi connectivity index (χ1n) is 5.45. The average Bonchev–Trinajstić information content (AvgIpc) is 2.89. The summed E-state index contributed by atoms with van der Waals surface area (Å²) in [7, 11) is 3.85. The molecule has 1 heterocycles. The predicted octanol–water partition coefficient (Wildman–Crippen LogP) is 0.196. The smallest absolute Gasteiger partial charge is 0.251 e. The van der Waals surface area contributed by atoms with Gasteiger partial charge in [-0.2, -0.15) is 5.21 Å². The average molecular weight is 246 g/mol. The number of hydrogen-bond acceptors (Lipinski definition) is 5. The van der Waals surface area contributed by atoms with E-state index in [1.54, 1.807) is 6.07 Å². The highest BCUT2D eigenvalue weighted by atomic mass is 16.1. The van der Waals surface area contributed by atoms with Gasteiger partial charge in [-0.25, -0.2) is 0 Å². The Morgan fingerprint density at radius 2 is 2.28 bits per heavy atom. The highest BCUT2D eigenvalue weighted by molar-refractivity contribution is 5.95. The molecule has 1 aromatic carbocycles. The Morgan fingerprint density at radius 1 is 1.44 bits per heavy atom. The molecule has 0 atom stereocenters. The molecule has 7 nitrogen and oxygen atoms in total. The molecule has 0 bridgehead atoms. The maximum atomic E-state index is 11.9. The zero-order chi connectivity index (χ0) is 13.0. The molecule has 0 aliphatic carbocycles. The number of anilines is 1. The molecule has 0 radical (unpaired) electrons. The number of hydrogen-bond donors (Lipinski definition) is 2. The van der Waals surface area contributed by atoms with Gasteiger partial charge in [0.25, 0.3) is 5.91 Å². The normalized spacial score (nSPS) is 10.1. The van der Waals surface area contributed by atoms with Crippen LogP contribution in [0.1, 0.15) is 16.2 Å². The zero-order valence-electron chi connectivity index (χ0n) is 10.2. The van der Waals surface area contributed by atoms with Crippen molar-refractivity contribution in [1.82, 2.24) is 25.9 Å². The number of carbonyl (C=O) groups is 1. The predicted molar refractivity (Wildman–Crippen MR) is 66.1 cm³/mol. The van der Waals surface area contributed by atoms with Crippen molar-refractivity contribution < 1.29 is 4.79 Å². The minimum Gasteiger partial charge on any atom is -0.378 e. The van der Waals surface area contributed by atoms with E-state index >= 15 is 0 Å². The van der Waals surface area contributed by atoms with Crippen LogP contribution in [0.15, 0.2) is 24.3 Å². The molecule has 0 spiro atoms. The summed E-state index contributed by atoms with van der Waals surface area (Å²) < 4.78 is 0. The van der Waals surface area contributed by atoms with E-state index in [-0.39, 0.29) is 12.5 Å². The second kappa shape index (κ2) is 5.26. The van der Waals surface area contributed by atoms with Gasteiger partial charge in [0, 0.05) is 25.3 Å². The molecule has 2 N–H and O–H groups in total. The topological polar surface area (TPSA) is 86.8 Å². The second-order valence-electron chi connectivity index (χ2n) is 3.96. The fourth-order valence-electron chi connectivity index (χ4n) is 1.44. The maximum absolute atomic E-state index is 11.9. The van der Waals surface area contributed by atoms with Crippen molar-refractivity contribution in [3.8, 4) is 0 Å². The molecule has 94 valence electrons. The number of benzene rings is 1.